The highest BCUT2D eigenvalue weighted by molar-refractivity contribution is 9.09. The molecule has 1 aromatic rings. The molecular formula is C11H13BrClN3O. The number of fused-ring (bicyclic) bond motifs is 2. The van der Waals surface area contributed by atoms with Gasteiger partial charge in [-0.25, -0.2) is 4.98 Å². The molecule has 0 saturated carbocycles. The highest BCUT2D eigenvalue weighted by Gasteiger charge is 2.41. The van der Waals surface area contributed by atoms with Gasteiger partial charge in [0, 0.05) is 16.9 Å². The zero-order chi connectivity index (χ0) is 12.0. The first-order valence-corrected chi connectivity index (χ1v) is 7.11. The van der Waals surface area contributed by atoms with Crippen molar-refractivity contribution in [1.82, 2.24) is 9.97 Å². The summed E-state index contributed by atoms with van der Waals surface area (Å²) in [6, 6.07) is 0.926. The van der Waals surface area contributed by atoms with Gasteiger partial charge in [0.1, 0.15) is 5.02 Å². The molecule has 2 aliphatic rings. The molecule has 1 N–H and O–H groups in total. The van der Waals surface area contributed by atoms with Crippen molar-refractivity contribution in [2.24, 2.45) is 0 Å². The lowest BCUT2D eigenvalue weighted by atomic mass is 10.0. The normalized spacial score (nSPS) is 31.9. The van der Waals surface area contributed by atoms with Crippen molar-refractivity contribution < 1.29 is 0 Å². The summed E-state index contributed by atoms with van der Waals surface area (Å²) >= 11 is 9.76. The maximum Gasteiger partial charge on any atom is 0.271 e. The average molecular weight is 319 g/mol. The van der Waals surface area contributed by atoms with Crippen molar-refractivity contribution in [2.75, 3.05) is 4.90 Å². The predicted molar refractivity (Wildman–Crippen MR) is 71.1 cm³/mol. The number of piperidine rings is 1. The standard InChI is InChI=1S/C11H13BrClN3O/c12-6-3-7-1-2-8(4-6)16(7)10-9(13)11(17)15-5-14-10/h5-8H,1-4H2,(H,14,15,17). The number of halogens is 2. The second kappa shape index (κ2) is 4.28. The van der Waals surface area contributed by atoms with Crippen LogP contribution >= 0.6 is 27.5 Å². The monoisotopic (exact) mass is 317 g/mol. The van der Waals surface area contributed by atoms with E-state index in [-0.39, 0.29) is 10.6 Å². The molecule has 0 aliphatic carbocycles. The first kappa shape index (κ1) is 11.5. The molecule has 6 heteroatoms. The summed E-state index contributed by atoms with van der Waals surface area (Å²) < 4.78 is 0. The number of aromatic amines is 1. The summed E-state index contributed by atoms with van der Waals surface area (Å²) in [5.74, 6) is 0.655. The highest BCUT2D eigenvalue weighted by Crippen LogP contribution is 2.41. The molecule has 92 valence electrons. The van der Waals surface area contributed by atoms with Crippen LogP contribution in [0, 0.1) is 0 Å². The van der Waals surface area contributed by atoms with Gasteiger partial charge in [0.15, 0.2) is 5.82 Å². The number of aromatic nitrogens is 2. The van der Waals surface area contributed by atoms with Gasteiger partial charge in [-0.05, 0) is 25.7 Å². The minimum absolute atomic E-state index is 0.220. The second-order valence-corrected chi connectivity index (χ2v) is 6.40. The van der Waals surface area contributed by atoms with E-state index in [0.29, 0.717) is 22.7 Å². The van der Waals surface area contributed by atoms with Crippen LogP contribution in [0.1, 0.15) is 25.7 Å². The van der Waals surface area contributed by atoms with Gasteiger partial charge < -0.3 is 9.88 Å². The Balaban J connectivity index is 2.00. The Kier molecular flexibility index (Phi) is 2.91. The van der Waals surface area contributed by atoms with Crippen LogP contribution in [0.2, 0.25) is 5.02 Å². The zero-order valence-electron chi connectivity index (χ0n) is 9.20. The Labute approximate surface area is 113 Å². The van der Waals surface area contributed by atoms with E-state index < -0.39 is 0 Å². The van der Waals surface area contributed by atoms with Gasteiger partial charge in [-0.1, -0.05) is 27.5 Å². The summed E-state index contributed by atoms with van der Waals surface area (Å²) in [7, 11) is 0. The summed E-state index contributed by atoms with van der Waals surface area (Å²) in [5, 5.41) is 0.220. The molecule has 1 aromatic heterocycles. The minimum Gasteiger partial charge on any atom is -0.349 e. The average Bonchev–Trinajstić information content (AvgIpc) is 2.55. The molecule has 2 aliphatic heterocycles. The van der Waals surface area contributed by atoms with E-state index in [1.54, 1.807) is 0 Å². The number of hydrogen-bond acceptors (Lipinski definition) is 3. The van der Waals surface area contributed by atoms with Gasteiger partial charge in [0.05, 0.1) is 6.33 Å². The third kappa shape index (κ3) is 1.89. The molecule has 17 heavy (non-hydrogen) atoms. The van der Waals surface area contributed by atoms with E-state index >= 15 is 0 Å². The fraction of sp³-hybridized carbons (Fsp3) is 0.636. The maximum atomic E-state index is 11.5. The Bertz CT molecular complexity index is 478. The number of nitrogens with one attached hydrogen (secondary N) is 1. The van der Waals surface area contributed by atoms with Crippen LogP contribution in [0.3, 0.4) is 0 Å². The van der Waals surface area contributed by atoms with Crippen LogP contribution < -0.4 is 10.5 Å². The molecule has 0 spiro atoms. The largest absolute Gasteiger partial charge is 0.349 e. The van der Waals surface area contributed by atoms with Crippen LogP contribution in [0.15, 0.2) is 11.1 Å². The van der Waals surface area contributed by atoms with Crippen LogP contribution in [-0.4, -0.2) is 26.9 Å². The van der Waals surface area contributed by atoms with Crippen LogP contribution in [0.25, 0.3) is 0 Å². The van der Waals surface area contributed by atoms with E-state index in [0.717, 1.165) is 25.7 Å². The quantitative estimate of drug-likeness (QED) is 0.809. The molecule has 3 heterocycles. The van der Waals surface area contributed by atoms with Crippen molar-refractivity contribution in [3.8, 4) is 0 Å². The van der Waals surface area contributed by atoms with E-state index in [1.807, 2.05) is 0 Å². The van der Waals surface area contributed by atoms with Gasteiger partial charge in [0.25, 0.3) is 5.56 Å². The Hall–Kier alpha value is -0.550. The molecule has 0 radical (unpaired) electrons. The number of H-pyrrole nitrogens is 1. The zero-order valence-corrected chi connectivity index (χ0v) is 11.5. The lowest BCUT2D eigenvalue weighted by Gasteiger charge is -2.38. The van der Waals surface area contributed by atoms with E-state index in [9.17, 15) is 4.79 Å². The molecule has 4 nitrogen and oxygen atoms in total. The fourth-order valence-electron chi connectivity index (χ4n) is 3.01. The summed E-state index contributed by atoms with van der Waals surface area (Å²) in [5.41, 5.74) is -0.253. The molecule has 2 saturated heterocycles. The van der Waals surface area contributed by atoms with Crippen molar-refractivity contribution >= 4 is 33.3 Å². The second-order valence-electron chi connectivity index (χ2n) is 4.73. The van der Waals surface area contributed by atoms with Crippen molar-refractivity contribution in [1.29, 1.82) is 0 Å². The third-order valence-corrected chi connectivity index (χ3v) is 4.79. The first-order chi connectivity index (χ1) is 8.16. The van der Waals surface area contributed by atoms with Crippen molar-refractivity contribution in [3.63, 3.8) is 0 Å². The maximum absolute atomic E-state index is 11.5. The number of nitrogens with zero attached hydrogens (tertiary/aromatic N) is 2. The van der Waals surface area contributed by atoms with Crippen LogP contribution in [0.5, 0.6) is 0 Å². The van der Waals surface area contributed by atoms with Gasteiger partial charge >= 0.3 is 0 Å². The molecule has 0 amide bonds. The first-order valence-electron chi connectivity index (χ1n) is 5.82. The van der Waals surface area contributed by atoms with E-state index in [4.69, 9.17) is 11.6 Å². The molecule has 3 rings (SSSR count). The minimum atomic E-state index is -0.253. The molecule has 2 fully saturated rings. The van der Waals surface area contributed by atoms with Crippen LogP contribution in [0.4, 0.5) is 5.82 Å². The summed E-state index contributed by atoms with van der Waals surface area (Å²) in [6.07, 6.45) is 5.96. The van der Waals surface area contributed by atoms with E-state index in [2.05, 4.69) is 30.8 Å². The van der Waals surface area contributed by atoms with Gasteiger partial charge in [0.2, 0.25) is 0 Å². The summed E-state index contributed by atoms with van der Waals surface area (Å²) in [4.78, 5) is 21.1. The number of rotatable bonds is 1. The van der Waals surface area contributed by atoms with Gasteiger partial charge in [-0.15, -0.1) is 0 Å². The van der Waals surface area contributed by atoms with Crippen LogP contribution in [-0.2, 0) is 0 Å². The number of hydrogen-bond donors (Lipinski definition) is 1. The third-order valence-electron chi connectivity index (χ3n) is 3.70. The molecule has 0 aromatic carbocycles. The van der Waals surface area contributed by atoms with Gasteiger partial charge in [-0.2, -0.15) is 0 Å². The predicted octanol–water partition coefficient (Wildman–Crippen LogP) is 2.32. The topological polar surface area (TPSA) is 49.0 Å². The van der Waals surface area contributed by atoms with E-state index in [1.165, 1.54) is 6.33 Å². The molecule has 2 unspecified atom stereocenters. The van der Waals surface area contributed by atoms with Gasteiger partial charge in [-0.3, -0.25) is 4.79 Å². The highest BCUT2D eigenvalue weighted by atomic mass is 79.9. The molecular weight excluding hydrogens is 305 g/mol. The summed E-state index contributed by atoms with van der Waals surface area (Å²) in [6.45, 7) is 0. The number of alkyl halides is 1. The Morgan fingerprint density at radius 2 is 2.06 bits per heavy atom. The lowest BCUT2D eigenvalue weighted by molar-refractivity contribution is 0.479. The van der Waals surface area contributed by atoms with Crippen molar-refractivity contribution in [3.05, 3.63) is 21.7 Å². The molecule has 2 atom stereocenters. The fourth-order valence-corrected chi connectivity index (χ4v) is 4.07. The smallest absolute Gasteiger partial charge is 0.271 e. The lowest BCUT2D eigenvalue weighted by Crippen LogP contribution is -2.44. The SMILES string of the molecule is O=c1[nH]cnc(N2C3CCC2CC(Br)C3)c1Cl. The number of anilines is 1. The Morgan fingerprint density at radius 3 is 2.71 bits per heavy atom. The molecule has 2 bridgehead atoms. The Morgan fingerprint density at radius 1 is 1.41 bits per heavy atom. The van der Waals surface area contributed by atoms with Crippen molar-refractivity contribution in [2.45, 2.75) is 42.6 Å².